The molecule has 2 fully saturated rings. The van der Waals surface area contributed by atoms with E-state index in [1.54, 1.807) is 23.3 Å². The highest BCUT2D eigenvalue weighted by atomic mass is 16.5. The van der Waals surface area contributed by atoms with Crippen LogP contribution >= 0.6 is 0 Å². The Hall–Kier alpha value is -3.03. The normalized spacial score (nSPS) is 17.3. The molecule has 3 aromatic heterocycles. The molecule has 2 aliphatic carbocycles. The second-order valence-corrected chi connectivity index (χ2v) is 7.26. The SMILES string of the molecule is O=C(NC1CCCC1)c1cn(-c2ccc(-c3nc(C4CC4)no3)cn2)cn1. The van der Waals surface area contributed by atoms with Gasteiger partial charge in [-0.25, -0.2) is 9.97 Å². The summed E-state index contributed by atoms with van der Waals surface area (Å²) in [6.45, 7) is 0. The van der Waals surface area contributed by atoms with Crippen LogP contribution in [0.1, 0.15) is 60.8 Å². The predicted molar refractivity (Wildman–Crippen MR) is 96.3 cm³/mol. The van der Waals surface area contributed by atoms with Crippen molar-refractivity contribution in [1.82, 2.24) is 30.0 Å². The summed E-state index contributed by atoms with van der Waals surface area (Å²) >= 11 is 0. The molecule has 8 heteroatoms. The minimum Gasteiger partial charge on any atom is -0.348 e. The third-order valence-electron chi connectivity index (χ3n) is 5.15. The maximum atomic E-state index is 12.3. The van der Waals surface area contributed by atoms with Gasteiger partial charge in [-0.2, -0.15) is 4.98 Å². The monoisotopic (exact) mass is 364 g/mol. The zero-order chi connectivity index (χ0) is 18.2. The van der Waals surface area contributed by atoms with Gasteiger partial charge < -0.3 is 9.84 Å². The van der Waals surface area contributed by atoms with E-state index in [-0.39, 0.29) is 11.9 Å². The van der Waals surface area contributed by atoms with E-state index in [9.17, 15) is 4.79 Å². The lowest BCUT2D eigenvalue weighted by molar-refractivity contribution is 0.0933. The van der Waals surface area contributed by atoms with Gasteiger partial charge in [0.05, 0.1) is 5.56 Å². The van der Waals surface area contributed by atoms with Crippen LogP contribution in [0.25, 0.3) is 17.3 Å². The van der Waals surface area contributed by atoms with Crippen LogP contribution in [0.2, 0.25) is 0 Å². The van der Waals surface area contributed by atoms with E-state index in [2.05, 4.69) is 25.4 Å². The lowest BCUT2D eigenvalue weighted by Crippen LogP contribution is -2.32. The molecule has 0 atom stereocenters. The van der Waals surface area contributed by atoms with E-state index in [4.69, 9.17) is 4.52 Å². The number of rotatable bonds is 5. The summed E-state index contributed by atoms with van der Waals surface area (Å²) in [6, 6.07) is 4.00. The van der Waals surface area contributed by atoms with Crippen LogP contribution in [0.4, 0.5) is 0 Å². The molecular weight excluding hydrogens is 344 g/mol. The van der Waals surface area contributed by atoms with Crippen LogP contribution in [0.15, 0.2) is 35.4 Å². The summed E-state index contributed by atoms with van der Waals surface area (Å²) in [5.74, 6) is 2.26. The lowest BCUT2D eigenvalue weighted by atomic mass is 10.2. The van der Waals surface area contributed by atoms with Crippen molar-refractivity contribution in [1.29, 1.82) is 0 Å². The number of imidazole rings is 1. The molecule has 0 unspecified atom stereocenters. The fraction of sp³-hybridized carbons (Fsp3) is 0.421. The first kappa shape index (κ1) is 16.2. The second-order valence-electron chi connectivity index (χ2n) is 7.26. The van der Waals surface area contributed by atoms with Crippen LogP contribution in [-0.4, -0.2) is 36.6 Å². The third kappa shape index (κ3) is 3.34. The van der Waals surface area contributed by atoms with Gasteiger partial charge in [0.2, 0.25) is 0 Å². The number of nitrogens with one attached hydrogen (secondary N) is 1. The summed E-state index contributed by atoms with van der Waals surface area (Å²) in [5.41, 5.74) is 1.18. The number of pyridine rings is 1. The molecule has 3 aromatic rings. The fourth-order valence-corrected chi connectivity index (χ4v) is 3.42. The Labute approximate surface area is 156 Å². The average Bonchev–Trinajstić information content (AvgIpc) is 3.12. The number of amides is 1. The molecule has 0 saturated heterocycles. The van der Waals surface area contributed by atoms with Gasteiger partial charge in [-0.05, 0) is 37.8 Å². The second kappa shape index (κ2) is 6.61. The molecular formula is C19H20N6O2. The van der Waals surface area contributed by atoms with Crippen LogP contribution in [0, 0.1) is 0 Å². The lowest BCUT2D eigenvalue weighted by Gasteiger charge is -2.09. The Balaban J connectivity index is 1.29. The molecule has 0 spiro atoms. The summed E-state index contributed by atoms with van der Waals surface area (Å²) in [4.78, 5) is 25.4. The topological polar surface area (TPSA) is 98.7 Å². The molecule has 2 aliphatic rings. The molecule has 1 N–H and O–H groups in total. The van der Waals surface area contributed by atoms with Crippen LogP contribution < -0.4 is 5.32 Å². The smallest absolute Gasteiger partial charge is 0.271 e. The third-order valence-corrected chi connectivity index (χ3v) is 5.15. The average molecular weight is 364 g/mol. The molecule has 0 bridgehead atoms. The van der Waals surface area contributed by atoms with Crippen molar-refractivity contribution in [2.75, 3.05) is 0 Å². The molecule has 138 valence electrons. The largest absolute Gasteiger partial charge is 0.348 e. The Morgan fingerprint density at radius 3 is 2.74 bits per heavy atom. The van der Waals surface area contributed by atoms with E-state index >= 15 is 0 Å². The maximum absolute atomic E-state index is 12.3. The van der Waals surface area contributed by atoms with Crippen molar-refractivity contribution in [3.8, 4) is 17.3 Å². The number of carbonyl (C=O) groups is 1. The van der Waals surface area contributed by atoms with Gasteiger partial charge in [-0.1, -0.05) is 18.0 Å². The van der Waals surface area contributed by atoms with E-state index in [1.165, 1.54) is 12.8 Å². The molecule has 0 aromatic carbocycles. The zero-order valence-electron chi connectivity index (χ0n) is 14.8. The highest BCUT2D eigenvalue weighted by Crippen LogP contribution is 2.38. The van der Waals surface area contributed by atoms with Crippen molar-refractivity contribution >= 4 is 5.91 Å². The Kier molecular flexibility index (Phi) is 3.95. The minimum atomic E-state index is -0.129. The van der Waals surface area contributed by atoms with Crippen LogP contribution in [-0.2, 0) is 0 Å². The Morgan fingerprint density at radius 2 is 2.00 bits per heavy atom. The van der Waals surface area contributed by atoms with Crippen LogP contribution in [0.3, 0.4) is 0 Å². The first-order valence-electron chi connectivity index (χ1n) is 9.41. The number of nitrogens with zero attached hydrogens (tertiary/aromatic N) is 5. The molecule has 8 nitrogen and oxygen atoms in total. The molecule has 0 aliphatic heterocycles. The van der Waals surface area contributed by atoms with E-state index in [0.29, 0.717) is 23.3 Å². The first-order valence-corrected chi connectivity index (χ1v) is 9.41. The van der Waals surface area contributed by atoms with Crippen LogP contribution in [0.5, 0.6) is 0 Å². The molecule has 3 heterocycles. The number of aromatic nitrogens is 5. The van der Waals surface area contributed by atoms with Crippen molar-refractivity contribution in [2.45, 2.75) is 50.5 Å². The predicted octanol–water partition coefficient (Wildman–Crippen LogP) is 2.87. The van der Waals surface area contributed by atoms with E-state index < -0.39 is 0 Å². The highest BCUT2D eigenvalue weighted by molar-refractivity contribution is 5.92. The molecule has 27 heavy (non-hydrogen) atoms. The van der Waals surface area contributed by atoms with E-state index in [0.717, 1.165) is 37.1 Å². The van der Waals surface area contributed by atoms with Gasteiger partial charge in [0.1, 0.15) is 17.8 Å². The summed E-state index contributed by atoms with van der Waals surface area (Å²) in [6.07, 6.45) is 11.7. The Bertz CT molecular complexity index is 951. The van der Waals surface area contributed by atoms with Crippen molar-refractivity contribution < 1.29 is 9.32 Å². The van der Waals surface area contributed by atoms with Gasteiger partial charge in [0, 0.05) is 24.4 Å². The molecule has 1 amide bonds. The summed E-state index contributed by atoms with van der Waals surface area (Å²) in [5, 5.41) is 7.07. The number of hydrogen-bond acceptors (Lipinski definition) is 6. The number of hydrogen-bond donors (Lipinski definition) is 1. The molecule has 0 radical (unpaired) electrons. The standard InChI is InChI=1S/C19H20N6O2/c26-18(22-14-3-1-2-4-14)15-10-25(11-21-15)16-8-7-13(9-20-16)19-23-17(24-27-19)12-5-6-12/h7-12,14H,1-6H2,(H,22,26). The molecule has 2 saturated carbocycles. The first-order chi connectivity index (χ1) is 13.3. The van der Waals surface area contributed by atoms with Crippen molar-refractivity contribution in [2.24, 2.45) is 0 Å². The minimum absolute atomic E-state index is 0.129. The van der Waals surface area contributed by atoms with E-state index in [1.807, 2.05) is 12.1 Å². The fourth-order valence-electron chi connectivity index (χ4n) is 3.42. The zero-order valence-corrected chi connectivity index (χ0v) is 14.8. The van der Waals surface area contributed by atoms with Gasteiger partial charge in [-0.3, -0.25) is 9.36 Å². The molecule has 5 rings (SSSR count). The summed E-state index contributed by atoms with van der Waals surface area (Å²) < 4.78 is 7.06. The Morgan fingerprint density at radius 1 is 1.15 bits per heavy atom. The van der Waals surface area contributed by atoms with Gasteiger partial charge in [0.15, 0.2) is 5.82 Å². The summed E-state index contributed by atoms with van der Waals surface area (Å²) in [7, 11) is 0. The number of carbonyl (C=O) groups excluding carboxylic acids is 1. The quantitative estimate of drug-likeness (QED) is 0.747. The van der Waals surface area contributed by atoms with Gasteiger partial charge in [0.25, 0.3) is 11.8 Å². The van der Waals surface area contributed by atoms with Crippen molar-refractivity contribution in [3.63, 3.8) is 0 Å². The van der Waals surface area contributed by atoms with Crippen molar-refractivity contribution in [3.05, 3.63) is 42.4 Å². The highest BCUT2D eigenvalue weighted by Gasteiger charge is 2.29. The van der Waals surface area contributed by atoms with Gasteiger partial charge >= 0.3 is 0 Å². The van der Waals surface area contributed by atoms with Gasteiger partial charge in [-0.15, -0.1) is 0 Å². The maximum Gasteiger partial charge on any atom is 0.271 e.